The summed E-state index contributed by atoms with van der Waals surface area (Å²) >= 11 is 0. The lowest BCUT2D eigenvalue weighted by molar-refractivity contribution is 0.242. The van der Waals surface area contributed by atoms with Gasteiger partial charge in [0.2, 0.25) is 0 Å². The number of furan rings is 1. The summed E-state index contributed by atoms with van der Waals surface area (Å²) < 4.78 is 11.0. The van der Waals surface area contributed by atoms with Gasteiger partial charge in [-0.1, -0.05) is 6.08 Å². The quantitative estimate of drug-likeness (QED) is 0.439. The molecule has 0 atom stereocenters. The second kappa shape index (κ2) is 9.45. The Bertz CT molecular complexity index is 631. The van der Waals surface area contributed by atoms with Crippen LogP contribution in [0.1, 0.15) is 19.6 Å². The Morgan fingerprint density at radius 2 is 2.08 bits per heavy atom. The van der Waals surface area contributed by atoms with Gasteiger partial charge in [0.05, 0.1) is 12.4 Å². The fourth-order valence-electron chi connectivity index (χ4n) is 2.07. The lowest BCUT2D eigenvalue weighted by Gasteiger charge is -2.13. The largest absolute Gasteiger partial charge is 0.491 e. The second-order valence-electron chi connectivity index (χ2n) is 5.55. The van der Waals surface area contributed by atoms with Crippen LogP contribution in [0.4, 0.5) is 5.69 Å². The first kappa shape index (κ1) is 17.7. The van der Waals surface area contributed by atoms with Gasteiger partial charge in [0, 0.05) is 25.2 Å². The van der Waals surface area contributed by atoms with Crippen molar-refractivity contribution in [2.75, 3.05) is 18.4 Å². The van der Waals surface area contributed by atoms with Gasteiger partial charge in [-0.3, -0.25) is 4.99 Å². The van der Waals surface area contributed by atoms with Crippen LogP contribution in [0.5, 0.6) is 5.75 Å². The van der Waals surface area contributed by atoms with Crippen molar-refractivity contribution in [2.24, 2.45) is 4.99 Å². The lowest BCUT2D eigenvalue weighted by atomic mass is 10.3. The molecule has 0 saturated carbocycles. The summed E-state index contributed by atoms with van der Waals surface area (Å²) in [6.45, 7) is 9.01. The van der Waals surface area contributed by atoms with Crippen LogP contribution in [0.25, 0.3) is 0 Å². The van der Waals surface area contributed by atoms with E-state index in [0.717, 1.165) is 23.6 Å². The van der Waals surface area contributed by atoms with Gasteiger partial charge >= 0.3 is 0 Å². The summed E-state index contributed by atoms with van der Waals surface area (Å²) in [7, 11) is 0. The number of ether oxygens (including phenoxy) is 1. The molecule has 0 fully saturated rings. The first-order valence-corrected chi connectivity index (χ1v) is 8.12. The maximum Gasteiger partial charge on any atom is 0.196 e. The van der Waals surface area contributed by atoms with Crippen LogP contribution in [-0.2, 0) is 6.42 Å². The number of aliphatic imine (C=N–C) groups is 1. The monoisotopic (exact) mass is 327 g/mol. The number of guanidine groups is 1. The molecule has 128 valence electrons. The maximum atomic E-state index is 5.65. The van der Waals surface area contributed by atoms with E-state index in [1.807, 2.05) is 50.2 Å². The molecule has 0 bridgehead atoms. The number of anilines is 1. The normalized spacial score (nSPS) is 11.4. The van der Waals surface area contributed by atoms with Crippen molar-refractivity contribution in [2.45, 2.75) is 26.4 Å². The first-order chi connectivity index (χ1) is 11.7. The number of hydrogen-bond donors (Lipinski definition) is 2. The van der Waals surface area contributed by atoms with E-state index in [2.05, 4.69) is 22.2 Å². The molecule has 1 heterocycles. The van der Waals surface area contributed by atoms with Crippen LogP contribution >= 0.6 is 0 Å². The van der Waals surface area contributed by atoms with E-state index in [1.54, 1.807) is 12.3 Å². The zero-order chi connectivity index (χ0) is 17.2. The predicted octanol–water partition coefficient (Wildman–Crippen LogP) is 3.85. The van der Waals surface area contributed by atoms with Crippen LogP contribution in [-0.4, -0.2) is 25.2 Å². The van der Waals surface area contributed by atoms with E-state index in [0.29, 0.717) is 19.0 Å². The summed E-state index contributed by atoms with van der Waals surface area (Å²) in [5, 5.41) is 6.48. The molecule has 0 aliphatic carbocycles. The molecule has 0 aliphatic rings. The van der Waals surface area contributed by atoms with E-state index in [1.165, 1.54) is 0 Å². The third-order valence-corrected chi connectivity index (χ3v) is 3.11. The van der Waals surface area contributed by atoms with E-state index in [-0.39, 0.29) is 6.10 Å². The second-order valence-corrected chi connectivity index (χ2v) is 5.55. The van der Waals surface area contributed by atoms with E-state index in [9.17, 15) is 0 Å². The molecule has 0 spiro atoms. The molecule has 1 aromatic carbocycles. The number of hydrogen-bond acceptors (Lipinski definition) is 3. The Hall–Kier alpha value is -2.69. The molecule has 0 unspecified atom stereocenters. The summed E-state index contributed by atoms with van der Waals surface area (Å²) in [5.41, 5.74) is 0.944. The molecule has 0 radical (unpaired) electrons. The highest BCUT2D eigenvalue weighted by molar-refractivity contribution is 5.93. The minimum absolute atomic E-state index is 0.164. The Morgan fingerprint density at radius 3 is 2.71 bits per heavy atom. The molecule has 2 N–H and O–H groups in total. The Morgan fingerprint density at radius 1 is 1.29 bits per heavy atom. The average molecular weight is 327 g/mol. The van der Waals surface area contributed by atoms with Gasteiger partial charge < -0.3 is 19.8 Å². The molecular formula is C19H25N3O2. The van der Waals surface area contributed by atoms with Gasteiger partial charge in [-0.15, -0.1) is 6.58 Å². The Balaban J connectivity index is 1.95. The average Bonchev–Trinajstić information content (AvgIpc) is 3.07. The molecule has 2 aromatic rings. The minimum atomic E-state index is 0.164. The van der Waals surface area contributed by atoms with Crippen LogP contribution in [0, 0.1) is 0 Å². The van der Waals surface area contributed by atoms with Gasteiger partial charge in [0.15, 0.2) is 5.96 Å². The van der Waals surface area contributed by atoms with Crippen molar-refractivity contribution in [1.29, 1.82) is 0 Å². The van der Waals surface area contributed by atoms with Gasteiger partial charge in [-0.2, -0.15) is 0 Å². The predicted molar refractivity (Wildman–Crippen MR) is 98.7 cm³/mol. The summed E-state index contributed by atoms with van der Waals surface area (Å²) in [5.74, 6) is 2.49. The minimum Gasteiger partial charge on any atom is -0.491 e. The number of rotatable bonds is 8. The van der Waals surface area contributed by atoms with E-state index < -0.39 is 0 Å². The molecule has 0 amide bonds. The van der Waals surface area contributed by atoms with Crippen molar-refractivity contribution in [3.8, 4) is 5.75 Å². The van der Waals surface area contributed by atoms with Gasteiger partial charge in [-0.25, -0.2) is 0 Å². The zero-order valence-electron chi connectivity index (χ0n) is 14.3. The number of nitrogens with zero attached hydrogens (tertiary/aromatic N) is 1. The van der Waals surface area contributed by atoms with Crippen LogP contribution in [0.2, 0.25) is 0 Å². The Kier molecular flexibility index (Phi) is 6.95. The lowest BCUT2D eigenvalue weighted by Crippen LogP contribution is -2.31. The van der Waals surface area contributed by atoms with Gasteiger partial charge in [-0.05, 0) is 50.2 Å². The van der Waals surface area contributed by atoms with Gasteiger partial charge in [0.25, 0.3) is 0 Å². The van der Waals surface area contributed by atoms with Crippen LogP contribution < -0.4 is 15.4 Å². The summed E-state index contributed by atoms with van der Waals surface area (Å²) in [6.07, 6.45) is 4.39. The molecular weight excluding hydrogens is 302 g/mol. The molecule has 0 aliphatic heterocycles. The fourth-order valence-corrected chi connectivity index (χ4v) is 2.07. The number of benzene rings is 1. The van der Waals surface area contributed by atoms with Crippen molar-refractivity contribution in [3.63, 3.8) is 0 Å². The highest BCUT2D eigenvalue weighted by Crippen LogP contribution is 2.16. The van der Waals surface area contributed by atoms with Crippen LogP contribution in [0.3, 0.4) is 0 Å². The van der Waals surface area contributed by atoms with Crippen molar-refractivity contribution in [1.82, 2.24) is 5.32 Å². The van der Waals surface area contributed by atoms with Crippen molar-refractivity contribution >= 4 is 11.6 Å². The summed E-state index contributed by atoms with van der Waals surface area (Å²) in [6, 6.07) is 11.7. The highest BCUT2D eigenvalue weighted by Gasteiger charge is 2.02. The molecule has 2 rings (SSSR count). The Labute approximate surface area is 143 Å². The topological polar surface area (TPSA) is 58.8 Å². The fraction of sp³-hybridized carbons (Fsp3) is 0.316. The molecule has 0 saturated heterocycles. The smallest absolute Gasteiger partial charge is 0.196 e. The van der Waals surface area contributed by atoms with Crippen LogP contribution in [0.15, 0.2) is 64.7 Å². The molecule has 5 heteroatoms. The standard InChI is InChI=1S/C19H25N3O2/c1-4-12-20-19(21-13-11-17-6-5-14-23-17)22-16-7-9-18(10-8-16)24-15(2)3/h4-10,14-15H,1,11-13H2,2-3H3,(H2,20,21,22). The van der Waals surface area contributed by atoms with E-state index in [4.69, 9.17) is 9.15 Å². The molecule has 5 nitrogen and oxygen atoms in total. The number of nitrogens with one attached hydrogen (secondary N) is 2. The summed E-state index contributed by atoms with van der Waals surface area (Å²) in [4.78, 5) is 4.56. The highest BCUT2D eigenvalue weighted by atomic mass is 16.5. The third kappa shape index (κ3) is 6.20. The SMILES string of the molecule is C=CCNC(=NCCc1ccco1)Nc1ccc(OC(C)C)cc1. The maximum absolute atomic E-state index is 5.65. The van der Waals surface area contributed by atoms with Crippen molar-refractivity contribution in [3.05, 3.63) is 61.1 Å². The molecule has 1 aromatic heterocycles. The third-order valence-electron chi connectivity index (χ3n) is 3.11. The van der Waals surface area contributed by atoms with Crippen molar-refractivity contribution < 1.29 is 9.15 Å². The van der Waals surface area contributed by atoms with Gasteiger partial charge in [0.1, 0.15) is 11.5 Å². The molecule has 24 heavy (non-hydrogen) atoms. The zero-order valence-corrected chi connectivity index (χ0v) is 14.3. The first-order valence-electron chi connectivity index (χ1n) is 8.12. The van der Waals surface area contributed by atoms with E-state index >= 15 is 0 Å².